The maximum absolute atomic E-state index is 5.91. The van der Waals surface area contributed by atoms with Gasteiger partial charge >= 0.3 is 0 Å². The van der Waals surface area contributed by atoms with Gasteiger partial charge in [-0.3, -0.25) is 0 Å². The van der Waals surface area contributed by atoms with Crippen LogP contribution in [-0.4, -0.2) is 9.38 Å². The molecule has 0 saturated heterocycles. The third-order valence-electron chi connectivity index (χ3n) is 1.73. The second kappa shape index (κ2) is 2.24. The molecule has 2 heterocycles. The Morgan fingerprint density at radius 2 is 2.27 bits per heavy atom. The summed E-state index contributed by atoms with van der Waals surface area (Å²) in [5.41, 5.74) is 2.11. The van der Waals surface area contributed by atoms with Gasteiger partial charge in [0.1, 0.15) is 0 Å². The van der Waals surface area contributed by atoms with Crippen LogP contribution in [0.1, 0.15) is 5.69 Å². The van der Waals surface area contributed by atoms with Crippen LogP contribution in [0.3, 0.4) is 0 Å². The fraction of sp³-hybridized carbons (Fsp3) is 0.125. The summed E-state index contributed by atoms with van der Waals surface area (Å²) in [6.07, 6.45) is 3.52. The van der Waals surface area contributed by atoms with Crippen molar-refractivity contribution in [3.05, 3.63) is 35.4 Å². The molecule has 0 N–H and O–H groups in total. The zero-order valence-corrected chi connectivity index (χ0v) is 6.84. The van der Waals surface area contributed by atoms with Crippen LogP contribution in [-0.2, 0) is 0 Å². The second-order valence-corrected chi connectivity index (χ2v) is 2.88. The number of hydrogen-bond acceptors (Lipinski definition) is 1. The minimum Gasteiger partial charge on any atom is -0.302 e. The predicted molar refractivity (Wildman–Crippen MR) is 44.9 cm³/mol. The Morgan fingerprint density at radius 1 is 1.45 bits per heavy atom. The number of fused-ring (bicyclic) bond motifs is 1. The van der Waals surface area contributed by atoms with E-state index in [2.05, 4.69) is 4.98 Å². The molecule has 56 valence electrons. The summed E-state index contributed by atoms with van der Waals surface area (Å²) in [6, 6.07) is 3.85. The second-order valence-electron chi connectivity index (χ2n) is 2.47. The lowest BCUT2D eigenvalue weighted by atomic mass is 10.3. The van der Waals surface area contributed by atoms with Crippen molar-refractivity contribution in [3.8, 4) is 0 Å². The number of imidazole rings is 1. The van der Waals surface area contributed by atoms with Gasteiger partial charge in [0.2, 0.25) is 0 Å². The molecule has 0 bridgehead atoms. The molecule has 0 saturated carbocycles. The highest BCUT2D eigenvalue weighted by atomic mass is 35.5. The SMILES string of the molecule is Cc1ccc(Cl)c2cncn12. The molecule has 2 rings (SSSR count). The van der Waals surface area contributed by atoms with Gasteiger partial charge in [0, 0.05) is 5.69 Å². The standard InChI is InChI=1S/C8H7ClN2/c1-6-2-3-7(9)8-4-10-5-11(6)8/h2-5H,1H3. The van der Waals surface area contributed by atoms with Crippen LogP contribution in [0.15, 0.2) is 24.7 Å². The summed E-state index contributed by atoms with van der Waals surface area (Å²) < 4.78 is 1.96. The van der Waals surface area contributed by atoms with Gasteiger partial charge < -0.3 is 4.40 Å². The van der Waals surface area contributed by atoms with Crippen molar-refractivity contribution in [2.75, 3.05) is 0 Å². The number of nitrogens with zero attached hydrogens (tertiary/aromatic N) is 2. The summed E-state index contributed by atoms with van der Waals surface area (Å²) in [5, 5.41) is 0.744. The van der Waals surface area contributed by atoms with Crippen molar-refractivity contribution in [3.63, 3.8) is 0 Å². The van der Waals surface area contributed by atoms with Crippen molar-refractivity contribution in [2.24, 2.45) is 0 Å². The number of hydrogen-bond donors (Lipinski definition) is 0. The lowest BCUT2D eigenvalue weighted by molar-refractivity contribution is 1.07. The third kappa shape index (κ3) is 0.906. The first-order chi connectivity index (χ1) is 5.29. The van der Waals surface area contributed by atoms with Crippen LogP contribution in [0.5, 0.6) is 0 Å². The summed E-state index contributed by atoms with van der Waals surface area (Å²) in [7, 11) is 0. The van der Waals surface area contributed by atoms with E-state index in [1.54, 1.807) is 12.5 Å². The van der Waals surface area contributed by atoms with Crippen molar-refractivity contribution >= 4 is 17.1 Å². The largest absolute Gasteiger partial charge is 0.302 e. The van der Waals surface area contributed by atoms with E-state index < -0.39 is 0 Å². The van der Waals surface area contributed by atoms with Gasteiger partial charge in [-0.2, -0.15) is 0 Å². The Kier molecular flexibility index (Phi) is 1.36. The van der Waals surface area contributed by atoms with E-state index in [0.717, 1.165) is 16.2 Å². The highest BCUT2D eigenvalue weighted by Crippen LogP contribution is 2.17. The van der Waals surface area contributed by atoms with E-state index in [0.29, 0.717) is 0 Å². The Morgan fingerprint density at radius 3 is 3.00 bits per heavy atom. The molecule has 0 fully saturated rings. The van der Waals surface area contributed by atoms with Crippen LogP contribution in [0.4, 0.5) is 0 Å². The average Bonchev–Trinajstić information content (AvgIpc) is 2.45. The number of rotatable bonds is 0. The van der Waals surface area contributed by atoms with E-state index in [-0.39, 0.29) is 0 Å². The van der Waals surface area contributed by atoms with Crippen LogP contribution in [0, 0.1) is 6.92 Å². The summed E-state index contributed by atoms with van der Waals surface area (Å²) in [5.74, 6) is 0. The first kappa shape index (κ1) is 6.68. The molecule has 2 nitrogen and oxygen atoms in total. The average molecular weight is 167 g/mol. The van der Waals surface area contributed by atoms with Crippen molar-refractivity contribution in [2.45, 2.75) is 6.92 Å². The maximum atomic E-state index is 5.91. The number of aryl methyl sites for hydroxylation is 1. The van der Waals surface area contributed by atoms with Gasteiger partial charge in [0.25, 0.3) is 0 Å². The van der Waals surface area contributed by atoms with Crippen LogP contribution >= 0.6 is 11.6 Å². The molecule has 0 amide bonds. The van der Waals surface area contributed by atoms with E-state index in [1.807, 2.05) is 23.5 Å². The molecule has 11 heavy (non-hydrogen) atoms. The van der Waals surface area contributed by atoms with E-state index in [1.165, 1.54) is 0 Å². The highest BCUT2D eigenvalue weighted by molar-refractivity contribution is 6.33. The molecule has 0 aromatic carbocycles. The van der Waals surface area contributed by atoms with Gasteiger partial charge in [-0.15, -0.1) is 0 Å². The lowest BCUT2D eigenvalue weighted by Gasteiger charge is -1.99. The Hall–Kier alpha value is -1.02. The Balaban J connectivity index is 2.96. The molecule has 3 heteroatoms. The normalized spacial score (nSPS) is 10.7. The minimum absolute atomic E-state index is 0.744. The van der Waals surface area contributed by atoms with E-state index >= 15 is 0 Å². The zero-order chi connectivity index (χ0) is 7.84. The van der Waals surface area contributed by atoms with Crippen molar-refractivity contribution in [1.29, 1.82) is 0 Å². The summed E-state index contributed by atoms with van der Waals surface area (Å²) in [4.78, 5) is 4.00. The smallest absolute Gasteiger partial charge is 0.0994 e. The van der Waals surface area contributed by atoms with E-state index in [9.17, 15) is 0 Å². The first-order valence-corrected chi connectivity index (χ1v) is 3.74. The molecular weight excluding hydrogens is 160 g/mol. The van der Waals surface area contributed by atoms with Gasteiger partial charge in [-0.25, -0.2) is 4.98 Å². The van der Waals surface area contributed by atoms with Crippen LogP contribution in [0.25, 0.3) is 5.52 Å². The molecule has 0 unspecified atom stereocenters. The zero-order valence-electron chi connectivity index (χ0n) is 6.08. The monoisotopic (exact) mass is 166 g/mol. The lowest BCUT2D eigenvalue weighted by Crippen LogP contribution is -1.87. The van der Waals surface area contributed by atoms with Crippen molar-refractivity contribution in [1.82, 2.24) is 9.38 Å². The Labute approximate surface area is 69.4 Å². The fourth-order valence-corrected chi connectivity index (χ4v) is 1.32. The molecule has 0 radical (unpaired) electrons. The van der Waals surface area contributed by atoms with Gasteiger partial charge in [0.05, 0.1) is 23.1 Å². The quantitative estimate of drug-likeness (QED) is 0.587. The Bertz CT molecular complexity index is 356. The topological polar surface area (TPSA) is 17.3 Å². The van der Waals surface area contributed by atoms with Gasteiger partial charge in [-0.05, 0) is 19.1 Å². The molecule has 0 aliphatic rings. The molecule has 0 atom stereocenters. The molecule has 2 aromatic rings. The van der Waals surface area contributed by atoms with Crippen LogP contribution < -0.4 is 0 Å². The molecular formula is C8H7ClN2. The third-order valence-corrected chi connectivity index (χ3v) is 2.05. The van der Waals surface area contributed by atoms with E-state index in [4.69, 9.17) is 11.6 Å². The van der Waals surface area contributed by atoms with Crippen molar-refractivity contribution < 1.29 is 0 Å². The molecule has 0 spiro atoms. The predicted octanol–water partition coefficient (Wildman–Crippen LogP) is 2.30. The molecule has 0 aliphatic carbocycles. The highest BCUT2D eigenvalue weighted by Gasteiger charge is 1.99. The number of pyridine rings is 1. The first-order valence-electron chi connectivity index (χ1n) is 3.36. The number of aromatic nitrogens is 2. The van der Waals surface area contributed by atoms with Gasteiger partial charge in [-0.1, -0.05) is 11.6 Å². The minimum atomic E-state index is 0.744. The summed E-state index contributed by atoms with van der Waals surface area (Å²) >= 11 is 5.91. The fourth-order valence-electron chi connectivity index (χ4n) is 1.11. The molecule has 0 aliphatic heterocycles. The van der Waals surface area contributed by atoms with Gasteiger partial charge in [0.15, 0.2) is 0 Å². The molecule has 2 aromatic heterocycles. The van der Waals surface area contributed by atoms with Crippen LogP contribution in [0.2, 0.25) is 5.02 Å². The summed E-state index contributed by atoms with van der Waals surface area (Å²) in [6.45, 7) is 2.02. The maximum Gasteiger partial charge on any atom is 0.0994 e. The number of halogens is 1.